The van der Waals surface area contributed by atoms with Crippen molar-refractivity contribution in [2.75, 3.05) is 12.3 Å². The van der Waals surface area contributed by atoms with Gasteiger partial charge in [-0.25, -0.2) is 4.98 Å². The minimum Gasteiger partial charge on any atom is -0.339 e. The van der Waals surface area contributed by atoms with Crippen molar-refractivity contribution in [2.45, 2.75) is 56.6 Å². The highest BCUT2D eigenvalue weighted by atomic mass is 32.2. The van der Waals surface area contributed by atoms with Gasteiger partial charge < -0.3 is 4.90 Å². The van der Waals surface area contributed by atoms with Crippen molar-refractivity contribution >= 4 is 28.6 Å². The smallest absolute Gasteiger partial charge is 0.266 e. The maximum absolute atomic E-state index is 13.5. The number of para-hydroxylation sites is 2. The lowest BCUT2D eigenvalue weighted by Gasteiger charge is -2.44. The van der Waals surface area contributed by atoms with Crippen LogP contribution in [-0.2, 0) is 4.79 Å². The molecular weight excluding hydrogens is 418 g/mol. The van der Waals surface area contributed by atoms with Gasteiger partial charge in [-0.05, 0) is 62.3 Å². The van der Waals surface area contributed by atoms with Crippen LogP contribution in [0.3, 0.4) is 0 Å². The second-order valence-corrected chi connectivity index (χ2v) is 9.91. The molecule has 1 aliphatic carbocycles. The van der Waals surface area contributed by atoms with Crippen LogP contribution in [0, 0.1) is 12.8 Å². The van der Waals surface area contributed by atoms with E-state index in [0.29, 0.717) is 33.8 Å². The van der Waals surface area contributed by atoms with Gasteiger partial charge in [-0.3, -0.25) is 14.2 Å². The van der Waals surface area contributed by atoms with Crippen LogP contribution in [0.1, 0.15) is 44.1 Å². The number of nitrogens with zero attached hydrogens (tertiary/aromatic N) is 3. The highest BCUT2D eigenvalue weighted by Crippen LogP contribution is 2.36. The number of piperidine rings is 1. The van der Waals surface area contributed by atoms with Crippen LogP contribution in [0.15, 0.2) is 58.5 Å². The number of thioether (sulfide) groups is 1. The van der Waals surface area contributed by atoms with Crippen LogP contribution in [0.25, 0.3) is 16.6 Å². The summed E-state index contributed by atoms with van der Waals surface area (Å²) in [5.41, 5.74) is 2.39. The molecule has 2 aromatic carbocycles. The molecule has 2 atom stereocenters. The average molecular weight is 448 g/mol. The maximum Gasteiger partial charge on any atom is 0.266 e. The Balaban J connectivity index is 1.47. The molecule has 1 aliphatic heterocycles. The first-order valence-electron chi connectivity index (χ1n) is 11.6. The van der Waals surface area contributed by atoms with E-state index in [0.717, 1.165) is 30.6 Å². The molecule has 0 N–H and O–H groups in total. The first-order chi connectivity index (χ1) is 15.6. The van der Waals surface area contributed by atoms with Crippen molar-refractivity contribution < 1.29 is 4.79 Å². The number of hydrogen-bond acceptors (Lipinski definition) is 4. The van der Waals surface area contributed by atoms with Crippen LogP contribution in [-0.4, -0.2) is 38.7 Å². The highest BCUT2D eigenvalue weighted by molar-refractivity contribution is 7.99. The third kappa shape index (κ3) is 3.96. The molecule has 0 radical (unpaired) electrons. The largest absolute Gasteiger partial charge is 0.339 e. The fraction of sp³-hybridized carbons (Fsp3) is 0.423. The molecular formula is C26H29N3O2S. The maximum atomic E-state index is 13.5. The summed E-state index contributed by atoms with van der Waals surface area (Å²) < 4.78 is 1.68. The number of aromatic nitrogens is 2. The Morgan fingerprint density at radius 1 is 1.03 bits per heavy atom. The normalized spacial score (nSPS) is 20.8. The van der Waals surface area contributed by atoms with Crippen molar-refractivity contribution in [3.05, 3.63) is 64.4 Å². The van der Waals surface area contributed by atoms with Gasteiger partial charge in [-0.15, -0.1) is 0 Å². The molecule has 0 bridgehead atoms. The number of fused-ring (bicyclic) bond motifs is 2. The Morgan fingerprint density at radius 2 is 1.78 bits per heavy atom. The summed E-state index contributed by atoms with van der Waals surface area (Å²) >= 11 is 1.38. The average Bonchev–Trinajstić information content (AvgIpc) is 2.83. The SMILES string of the molecule is Cc1ccccc1-n1c(SCC(=O)N2CCCC3CCCCC32)nc2ccccc2c1=O. The molecule has 6 heteroatoms. The highest BCUT2D eigenvalue weighted by Gasteiger charge is 2.35. The van der Waals surface area contributed by atoms with Crippen molar-refractivity contribution in [3.63, 3.8) is 0 Å². The molecule has 5 rings (SSSR count). The monoisotopic (exact) mass is 447 g/mol. The van der Waals surface area contributed by atoms with Gasteiger partial charge in [0.15, 0.2) is 5.16 Å². The Kier molecular flexibility index (Phi) is 6.05. The quantitative estimate of drug-likeness (QED) is 0.419. The minimum atomic E-state index is -0.0924. The van der Waals surface area contributed by atoms with E-state index in [9.17, 15) is 9.59 Å². The molecule has 2 unspecified atom stereocenters. The zero-order valence-corrected chi connectivity index (χ0v) is 19.3. The third-order valence-corrected chi connectivity index (χ3v) is 7.91. The molecule has 2 heterocycles. The molecule has 166 valence electrons. The number of carbonyl (C=O) groups excluding carboxylic acids is 1. The summed E-state index contributed by atoms with van der Waals surface area (Å²) in [6.07, 6.45) is 7.24. The van der Waals surface area contributed by atoms with E-state index >= 15 is 0 Å². The predicted octanol–water partition coefficient (Wildman–Crippen LogP) is 4.97. The number of rotatable bonds is 4. The summed E-state index contributed by atoms with van der Waals surface area (Å²) in [6, 6.07) is 15.7. The zero-order valence-electron chi connectivity index (χ0n) is 18.5. The Labute approximate surface area is 192 Å². The zero-order chi connectivity index (χ0) is 22.1. The van der Waals surface area contributed by atoms with E-state index in [-0.39, 0.29) is 11.5 Å². The second-order valence-electron chi connectivity index (χ2n) is 8.97. The van der Waals surface area contributed by atoms with Gasteiger partial charge in [0.2, 0.25) is 5.91 Å². The Hall–Kier alpha value is -2.60. The van der Waals surface area contributed by atoms with E-state index in [2.05, 4.69) is 4.90 Å². The van der Waals surface area contributed by atoms with Gasteiger partial charge in [0.05, 0.1) is 22.3 Å². The van der Waals surface area contributed by atoms with Crippen LogP contribution >= 0.6 is 11.8 Å². The fourth-order valence-electron chi connectivity index (χ4n) is 5.38. The fourth-order valence-corrected chi connectivity index (χ4v) is 6.27. The molecule has 5 nitrogen and oxygen atoms in total. The molecule has 2 fully saturated rings. The van der Waals surface area contributed by atoms with Crippen LogP contribution < -0.4 is 5.56 Å². The summed E-state index contributed by atoms with van der Waals surface area (Å²) in [4.78, 5) is 33.7. The van der Waals surface area contributed by atoms with Crippen molar-refractivity contribution in [2.24, 2.45) is 5.92 Å². The summed E-state index contributed by atoms with van der Waals surface area (Å²) in [5, 5.41) is 1.17. The van der Waals surface area contributed by atoms with Crippen LogP contribution in [0.4, 0.5) is 0 Å². The second kappa shape index (κ2) is 9.10. The number of aryl methyl sites for hydroxylation is 1. The molecule has 3 aromatic rings. The Bertz CT molecular complexity index is 1200. The first-order valence-corrected chi connectivity index (χ1v) is 12.6. The number of likely N-dealkylation sites (tertiary alicyclic amines) is 1. The van der Waals surface area contributed by atoms with Crippen molar-refractivity contribution in [1.82, 2.24) is 14.5 Å². The van der Waals surface area contributed by atoms with E-state index in [4.69, 9.17) is 4.98 Å². The lowest BCUT2D eigenvalue weighted by molar-refractivity contribution is -0.134. The third-order valence-electron chi connectivity index (χ3n) is 6.99. The molecule has 1 saturated heterocycles. The lowest BCUT2D eigenvalue weighted by atomic mass is 9.78. The van der Waals surface area contributed by atoms with E-state index in [1.165, 1.54) is 37.4 Å². The number of amides is 1. The van der Waals surface area contributed by atoms with Gasteiger partial charge in [0.25, 0.3) is 5.56 Å². The lowest BCUT2D eigenvalue weighted by Crippen LogP contribution is -2.50. The number of carbonyl (C=O) groups is 1. The van der Waals surface area contributed by atoms with Gasteiger partial charge in [0, 0.05) is 12.6 Å². The summed E-state index contributed by atoms with van der Waals surface area (Å²) in [6.45, 7) is 2.85. The van der Waals surface area contributed by atoms with E-state index in [1.54, 1.807) is 4.57 Å². The summed E-state index contributed by atoms with van der Waals surface area (Å²) in [5.74, 6) is 1.14. The van der Waals surface area contributed by atoms with Crippen LogP contribution in [0.5, 0.6) is 0 Å². The Morgan fingerprint density at radius 3 is 2.66 bits per heavy atom. The molecule has 1 amide bonds. The topological polar surface area (TPSA) is 55.2 Å². The van der Waals surface area contributed by atoms with Gasteiger partial charge in [-0.1, -0.05) is 54.9 Å². The molecule has 1 saturated carbocycles. The molecule has 0 spiro atoms. The van der Waals surface area contributed by atoms with Crippen molar-refractivity contribution in [3.8, 4) is 5.69 Å². The van der Waals surface area contributed by atoms with E-state index < -0.39 is 0 Å². The number of benzene rings is 2. The first kappa shape index (κ1) is 21.3. The predicted molar refractivity (Wildman–Crippen MR) is 129 cm³/mol. The van der Waals surface area contributed by atoms with E-state index in [1.807, 2.05) is 55.5 Å². The van der Waals surface area contributed by atoms with Gasteiger partial charge >= 0.3 is 0 Å². The molecule has 2 aliphatic rings. The minimum absolute atomic E-state index is 0.0924. The number of hydrogen-bond donors (Lipinski definition) is 0. The van der Waals surface area contributed by atoms with Crippen molar-refractivity contribution in [1.29, 1.82) is 0 Å². The van der Waals surface area contributed by atoms with Gasteiger partial charge in [-0.2, -0.15) is 0 Å². The van der Waals surface area contributed by atoms with Gasteiger partial charge in [0.1, 0.15) is 0 Å². The van der Waals surface area contributed by atoms with Crippen LogP contribution in [0.2, 0.25) is 0 Å². The standard InChI is InChI=1S/C26H29N3O2S/c1-18-9-2-6-14-22(18)29-25(31)20-12-4-5-13-21(20)27-26(29)32-17-24(30)28-16-8-11-19-10-3-7-15-23(19)28/h2,4-6,9,12-14,19,23H,3,7-8,10-11,15-17H2,1H3. The summed E-state index contributed by atoms with van der Waals surface area (Å²) in [7, 11) is 0. The molecule has 1 aromatic heterocycles. The molecule has 32 heavy (non-hydrogen) atoms.